The molecule has 0 unspecified atom stereocenters. The van der Waals surface area contributed by atoms with Crippen LogP contribution in [0.2, 0.25) is 5.02 Å². The van der Waals surface area contributed by atoms with Crippen LogP contribution >= 0.6 is 11.6 Å². The summed E-state index contributed by atoms with van der Waals surface area (Å²) in [6, 6.07) is 5.21. The third-order valence-corrected chi connectivity index (χ3v) is 3.22. The largest absolute Gasteiger partial charge is 0.308 e. The molecule has 1 aliphatic rings. The summed E-state index contributed by atoms with van der Waals surface area (Å²) in [5, 5.41) is 11.3. The molecule has 0 aliphatic heterocycles. The van der Waals surface area contributed by atoms with Gasteiger partial charge in [0, 0.05) is 18.7 Å². The molecule has 94 valence electrons. The molecule has 0 atom stereocenters. The molecule has 1 heterocycles. The van der Waals surface area contributed by atoms with Crippen molar-refractivity contribution in [3.05, 3.63) is 40.9 Å². The molecule has 0 spiro atoms. The summed E-state index contributed by atoms with van der Waals surface area (Å²) < 4.78 is 15.0. The van der Waals surface area contributed by atoms with E-state index >= 15 is 0 Å². The molecule has 2 aromatic rings. The first-order valence-electron chi connectivity index (χ1n) is 5.82. The molecule has 1 aromatic carbocycles. The predicted octanol–water partition coefficient (Wildman–Crippen LogP) is 2.31. The lowest BCUT2D eigenvalue weighted by Crippen LogP contribution is -2.18. The van der Waals surface area contributed by atoms with Crippen LogP contribution in [0.3, 0.4) is 0 Å². The zero-order valence-corrected chi connectivity index (χ0v) is 10.4. The van der Waals surface area contributed by atoms with E-state index in [0.717, 1.165) is 5.69 Å². The van der Waals surface area contributed by atoms with E-state index in [4.69, 9.17) is 11.6 Å². The van der Waals surface area contributed by atoms with Gasteiger partial charge in [0.15, 0.2) is 0 Å². The fourth-order valence-electron chi connectivity index (χ4n) is 1.75. The normalized spacial score (nSPS) is 15.0. The highest BCUT2D eigenvalue weighted by molar-refractivity contribution is 6.30. The Bertz CT molecular complexity index is 565. The van der Waals surface area contributed by atoms with E-state index in [1.165, 1.54) is 25.0 Å². The molecule has 0 amide bonds. The third kappa shape index (κ3) is 2.37. The topological polar surface area (TPSA) is 42.7 Å². The Kier molecular flexibility index (Phi) is 3.01. The highest BCUT2D eigenvalue weighted by Gasteiger charge is 2.21. The second kappa shape index (κ2) is 4.66. The summed E-state index contributed by atoms with van der Waals surface area (Å²) in [7, 11) is 0. The molecule has 0 radical (unpaired) electrons. The molecular formula is C12H12ClFN4. The van der Waals surface area contributed by atoms with Gasteiger partial charge in [-0.1, -0.05) is 16.8 Å². The lowest BCUT2D eigenvalue weighted by molar-refractivity contribution is 0.619. The van der Waals surface area contributed by atoms with Crippen molar-refractivity contribution in [2.45, 2.75) is 25.4 Å². The number of halogens is 2. The van der Waals surface area contributed by atoms with Gasteiger partial charge >= 0.3 is 0 Å². The Balaban J connectivity index is 1.85. The van der Waals surface area contributed by atoms with Gasteiger partial charge in [-0.25, -0.2) is 9.07 Å². The Morgan fingerprint density at radius 2 is 2.28 bits per heavy atom. The molecule has 1 aliphatic carbocycles. The highest BCUT2D eigenvalue weighted by Crippen LogP contribution is 2.21. The minimum absolute atomic E-state index is 0.108. The molecule has 0 bridgehead atoms. The number of hydrogen-bond donors (Lipinski definition) is 1. The average Bonchev–Trinajstić information content (AvgIpc) is 3.08. The first-order valence-corrected chi connectivity index (χ1v) is 6.20. The summed E-state index contributed by atoms with van der Waals surface area (Å²) >= 11 is 5.66. The van der Waals surface area contributed by atoms with Crippen LogP contribution in [0.25, 0.3) is 5.69 Å². The lowest BCUT2D eigenvalue weighted by atomic mass is 10.3. The van der Waals surface area contributed by atoms with Crippen LogP contribution < -0.4 is 5.32 Å². The van der Waals surface area contributed by atoms with Crippen LogP contribution in [0, 0.1) is 5.82 Å². The first-order chi connectivity index (χ1) is 8.74. The molecular weight excluding hydrogens is 255 g/mol. The molecule has 6 heteroatoms. The second-order valence-corrected chi connectivity index (χ2v) is 4.80. The fourth-order valence-corrected chi connectivity index (χ4v) is 1.86. The SMILES string of the molecule is Fc1cc(-n2nncc2CNC2CC2)ccc1Cl. The number of benzene rings is 1. The van der Waals surface area contributed by atoms with Gasteiger partial charge in [0.05, 0.1) is 22.6 Å². The van der Waals surface area contributed by atoms with Gasteiger partial charge in [0.2, 0.25) is 0 Å². The average molecular weight is 267 g/mol. The quantitative estimate of drug-likeness (QED) is 0.923. The zero-order valence-electron chi connectivity index (χ0n) is 9.61. The van der Waals surface area contributed by atoms with E-state index in [0.29, 0.717) is 18.3 Å². The molecule has 3 rings (SSSR count). The van der Waals surface area contributed by atoms with Gasteiger partial charge < -0.3 is 5.32 Å². The Labute approximate surface area is 109 Å². The van der Waals surface area contributed by atoms with Crippen LogP contribution in [0.5, 0.6) is 0 Å². The van der Waals surface area contributed by atoms with Crippen LogP contribution in [0.15, 0.2) is 24.4 Å². The van der Waals surface area contributed by atoms with Crippen molar-refractivity contribution in [2.24, 2.45) is 0 Å². The Morgan fingerprint density at radius 3 is 3.00 bits per heavy atom. The Hall–Kier alpha value is -1.46. The van der Waals surface area contributed by atoms with Crippen molar-refractivity contribution >= 4 is 11.6 Å². The standard InChI is InChI=1S/C12H12ClFN4/c13-11-4-3-9(5-12(11)14)18-10(7-16-17-18)6-15-8-1-2-8/h3-5,7-8,15H,1-2,6H2. The van der Waals surface area contributed by atoms with E-state index in [-0.39, 0.29) is 5.02 Å². The summed E-state index contributed by atoms with van der Waals surface area (Å²) in [6.07, 6.45) is 4.12. The summed E-state index contributed by atoms with van der Waals surface area (Å²) in [5.41, 5.74) is 1.53. The van der Waals surface area contributed by atoms with Gasteiger partial charge in [0.25, 0.3) is 0 Å². The maximum Gasteiger partial charge on any atom is 0.143 e. The molecule has 4 nitrogen and oxygen atoms in total. The summed E-state index contributed by atoms with van der Waals surface area (Å²) in [6.45, 7) is 0.682. The van der Waals surface area contributed by atoms with Crippen molar-refractivity contribution in [3.8, 4) is 5.69 Å². The minimum atomic E-state index is -0.453. The number of aromatic nitrogens is 3. The van der Waals surface area contributed by atoms with Crippen LogP contribution in [0.1, 0.15) is 18.5 Å². The monoisotopic (exact) mass is 266 g/mol. The van der Waals surface area contributed by atoms with Gasteiger partial charge in [-0.2, -0.15) is 0 Å². The predicted molar refractivity (Wildman–Crippen MR) is 66.2 cm³/mol. The smallest absolute Gasteiger partial charge is 0.143 e. The number of rotatable bonds is 4. The van der Waals surface area contributed by atoms with E-state index in [1.807, 2.05) is 0 Å². The minimum Gasteiger partial charge on any atom is -0.308 e. The third-order valence-electron chi connectivity index (χ3n) is 2.92. The van der Waals surface area contributed by atoms with Crippen molar-refractivity contribution in [1.82, 2.24) is 20.3 Å². The summed E-state index contributed by atoms with van der Waals surface area (Å²) in [4.78, 5) is 0. The van der Waals surface area contributed by atoms with Crippen molar-refractivity contribution in [1.29, 1.82) is 0 Å². The first kappa shape index (κ1) is 11.6. The zero-order chi connectivity index (χ0) is 12.5. The molecule has 1 fully saturated rings. The lowest BCUT2D eigenvalue weighted by Gasteiger charge is -2.07. The number of nitrogens with zero attached hydrogens (tertiary/aromatic N) is 3. The highest BCUT2D eigenvalue weighted by atomic mass is 35.5. The van der Waals surface area contributed by atoms with E-state index < -0.39 is 5.82 Å². The van der Waals surface area contributed by atoms with Gasteiger partial charge in [-0.3, -0.25) is 0 Å². The van der Waals surface area contributed by atoms with Crippen molar-refractivity contribution < 1.29 is 4.39 Å². The maximum absolute atomic E-state index is 13.4. The van der Waals surface area contributed by atoms with Crippen LogP contribution in [0.4, 0.5) is 4.39 Å². The van der Waals surface area contributed by atoms with Gasteiger partial charge in [-0.05, 0) is 25.0 Å². The van der Waals surface area contributed by atoms with E-state index in [9.17, 15) is 4.39 Å². The van der Waals surface area contributed by atoms with Crippen LogP contribution in [-0.2, 0) is 6.54 Å². The molecule has 0 saturated heterocycles. The van der Waals surface area contributed by atoms with E-state index in [2.05, 4.69) is 15.6 Å². The Morgan fingerprint density at radius 1 is 1.44 bits per heavy atom. The number of nitrogens with one attached hydrogen (secondary N) is 1. The second-order valence-electron chi connectivity index (χ2n) is 4.39. The maximum atomic E-state index is 13.4. The van der Waals surface area contributed by atoms with Gasteiger partial charge in [0.1, 0.15) is 5.82 Å². The van der Waals surface area contributed by atoms with Gasteiger partial charge in [-0.15, -0.1) is 5.10 Å². The molecule has 1 aromatic heterocycles. The fraction of sp³-hybridized carbons (Fsp3) is 0.333. The van der Waals surface area contributed by atoms with Crippen LogP contribution in [-0.4, -0.2) is 21.0 Å². The van der Waals surface area contributed by atoms with E-state index in [1.54, 1.807) is 16.9 Å². The molecule has 1 N–H and O–H groups in total. The molecule has 1 saturated carbocycles. The number of hydrogen-bond acceptors (Lipinski definition) is 3. The van der Waals surface area contributed by atoms with Crippen molar-refractivity contribution in [3.63, 3.8) is 0 Å². The van der Waals surface area contributed by atoms with Crippen molar-refractivity contribution in [2.75, 3.05) is 0 Å². The summed E-state index contributed by atoms with van der Waals surface area (Å²) in [5.74, 6) is -0.453. The molecule has 18 heavy (non-hydrogen) atoms.